The van der Waals surface area contributed by atoms with Crippen LogP contribution in [0.1, 0.15) is 51.5 Å². The molecule has 136 valence electrons. The molecule has 1 atom stereocenters. The largest absolute Gasteiger partial charge is 0.360 e. The summed E-state index contributed by atoms with van der Waals surface area (Å²) in [6.07, 6.45) is 3.44. The summed E-state index contributed by atoms with van der Waals surface area (Å²) >= 11 is 0. The minimum atomic E-state index is 0.0715. The van der Waals surface area contributed by atoms with Crippen LogP contribution in [0.4, 0.5) is 4.79 Å². The van der Waals surface area contributed by atoms with E-state index in [9.17, 15) is 4.79 Å². The molecule has 0 spiro atoms. The number of carbonyl (C=O) groups excluding carboxylic acids is 1. The third-order valence-electron chi connectivity index (χ3n) is 4.50. The van der Waals surface area contributed by atoms with Gasteiger partial charge in [0, 0.05) is 38.3 Å². The molecule has 0 aliphatic carbocycles. The highest BCUT2D eigenvalue weighted by Gasteiger charge is 2.22. The molecule has 2 rings (SSSR count). The summed E-state index contributed by atoms with van der Waals surface area (Å²) in [5.74, 6) is 1.62. The fourth-order valence-electron chi connectivity index (χ4n) is 3.03. The van der Waals surface area contributed by atoms with Crippen molar-refractivity contribution in [3.05, 3.63) is 17.5 Å². The van der Waals surface area contributed by atoms with Crippen molar-refractivity contribution in [2.24, 2.45) is 5.92 Å². The van der Waals surface area contributed by atoms with E-state index in [-0.39, 0.29) is 12.1 Å². The highest BCUT2D eigenvalue weighted by molar-refractivity contribution is 5.74. The second kappa shape index (κ2) is 9.06. The Hall–Kier alpha value is -1.56. The summed E-state index contributed by atoms with van der Waals surface area (Å²) in [7, 11) is 0. The Labute approximate surface area is 145 Å². The fourth-order valence-corrected chi connectivity index (χ4v) is 3.03. The zero-order valence-corrected chi connectivity index (χ0v) is 15.5. The third-order valence-corrected chi connectivity index (χ3v) is 4.50. The van der Waals surface area contributed by atoms with Gasteiger partial charge < -0.3 is 14.7 Å². The van der Waals surface area contributed by atoms with Crippen molar-refractivity contribution in [2.75, 3.05) is 26.2 Å². The van der Waals surface area contributed by atoms with Gasteiger partial charge in [-0.1, -0.05) is 31.8 Å². The maximum atomic E-state index is 12.3. The van der Waals surface area contributed by atoms with E-state index < -0.39 is 0 Å². The number of aryl methyl sites for hydroxylation is 1. The molecule has 2 heterocycles. The first-order valence-electron chi connectivity index (χ1n) is 9.14. The SMILES string of the molecule is Cc1cc(CN2CCN(C(=O)NC(C)CCCC(C)C)CC2)on1. The van der Waals surface area contributed by atoms with Crippen LogP contribution in [-0.4, -0.2) is 53.2 Å². The van der Waals surface area contributed by atoms with Crippen molar-refractivity contribution in [3.8, 4) is 0 Å². The van der Waals surface area contributed by atoms with Crippen LogP contribution in [0.3, 0.4) is 0 Å². The predicted molar refractivity (Wildman–Crippen MR) is 94.8 cm³/mol. The lowest BCUT2D eigenvalue weighted by Crippen LogP contribution is -2.52. The second-order valence-corrected chi connectivity index (χ2v) is 7.37. The van der Waals surface area contributed by atoms with Crippen LogP contribution in [-0.2, 0) is 6.54 Å². The van der Waals surface area contributed by atoms with Gasteiger partial charge >= 0.3 is 6.03 Å². The first-order chi connectivity index (χ1) is 11.4. The van der Waals surface area contributed by atoms with Gasteiger partial charge in [0.05, 0.1) is 12.2 Å². The van der Waals surface area contributed by atoms with E-state index in [2.05, 4.69) is 36.1 Å². The summed E-state index contributed by atoms with van der Waals surface area (Å²) in [5.41, 5.74) is 0.912. The van der Waals surface area contributed by atoms with E-state index in [1.807, 2.05) is 17.9 Å². The van der Waals surface area contributed by atoms with Crippen LogP contribution in [0.5, 0.6) is 0 Å². The molecule has 1 aliphatic rings. The van der Waals surface area contributed by atoms with Gasteiger partial charge in [-0.15, -0.1) is 0 Å². The van der Waals surface area contributed by atoms with Crippen molar-refractivity contribution < 1.29 is 9.32 Å². The molecule has 1 unspecified atom stereocenters. The maximum Gasteiger partial charge on any atom is 0.317 e. The fraction of sp³-hybridized carbons (Fsp3) is 0.778. The molecular weight excluding hydrogens is 304 g/mol. The molecule has 1 aromatic heterocycles. The van der Waals surface area contributed by atoms with Crippen LogP contribution in [0.25, 0.3) is 0 Å². The first-order valence-corrected chi connectivity index (χ1v) is 9.14. The van der Waals surface area contributed by atoms with Crippen molar-refractivity contribution in [3.63, 3.8) is 0 Å². The van der Waals surface area contributed by atoms with Gasteiger partial charge in [-0.3, -0.25) is 4.90 Å². The van der Waals surface area contributed by atoms with Crippen molar-refractivity contribution in [1.82, 2.24) is 20.3 Å². The molecule has 6 heteroatoms. The summed E-state index contributed by atoms with van der Waals surface area (Å²) in [6.45, 7) is 12.5. The average molecular weight is 336 g/mol. The van der Waals surface area contributed by atoms with Gasteiger partial charge in [-0.25, -0.2) is 4.79 Å². The van der Waals surface area contributed by atoms with Gasteiger partial charge in [0.25, 0.3) is 0 Å². The Kier molecular flexibility index (Phi) is 7.09. The van der Waals surface area contributed by atoms with Crippen molar-refractivity contribution in [2.45, 2.75) is 59.5 Å². The topological polar surface area (TPSA) is 61.6 Å². The average Bonchev–Trinajstić information content (AvgIpc) is 2.92. The van der Waals surface area contributed by atoms with Crippen molar-refractivity contribution in [1.29, 1.82) is 0 Å². The summed E-state index contributed by atoms with van der Waals surface area (Å²) in [5, 5.41) is 7.05. The number of aromatic nitrogens is 1. The lowest BCUT2D eigenvalue weighted by Gasteiger charge is -2.34. The predicted octanol–water partition coefficient (Wildman–Crippen LogP) is 3.03. The third kappa shape index (κ3) is 6.15. The zero-order valence-electron chi connectivity index (χ0n) is 15.5. The zero-order chi connectivity index (χ0) is 17.5. The molecule has 1 N–H and O–H groups in total. The minimum Gasteiger partial charge on any atom is -0.360 e. The second-order valence-electron chi connectivity index (χ2n) is 7.37. The van der Waals surface area contributed by atoms with E-state index in [1.165, 1.54) is 12.8 Å². The van der Waals surface area contributed by atoms with Crippen molar-refractivity contribution >= 4 is 6.03 Å². The number of carbonyl (C=O) groups is 1. The van der Waals surface area contributed by atoms with Crippen LogP contribution >= 0.6 is 0 Å². The number of piperazine rings is 1. The number of nitrogens with zero attached hydrogens (tertiary/aromatic N) is 3. The Morgan fingerprint density at radius 3 is 2.54 bits per heavy atom. The molecule has 0 radical (unpaired) electrons. The smallest absolute Gasteiger partial charge is 0.317 e. The molecular formula is C18H32N4O2. The number of urea groups is 1. The van der Waals surface area contributed by atoms with Gasteiger partial charge in [0.15, 0.2) is 5.76 Å². The first kappa shape index (κ1) is 18.8. The van der Waals surface area contributed by atoms with Gasteiger partial charge in [0.2, 0.25) is 0 Å². The molecule has 1 fully saturated rings. The molecule has 0 aromatic carbocycles. The quantitative estimate of drug-likeness (QED) is 0.831. The Bertz CT molecular complexity index is 507. The lowest BCUT2D eigenvalue weighted by molar-refractivity contribution is 0.126. The molecule has 24 heavy (non-hydrogen) atoms. The summed E-state index contributed by atoms with van der Waals surface area (Å²) in [4.78, 5) is 16.6. The Morgan fingerprint density at radius 2 is 1.96 bits per heavy atom. The van der Waals surface area contributed by atoms with Crippen LogP contribution in [0.2, 0.25) is 0 Å². The summed E-state index contributed by atoms with van der Waals surface area (Å²) in [6, 6.07) is 2.28. The van der Waals surface area contributed by atoms with Crippen LogP contribution in [0.15, 0.2) is 10.6 Å². The number of nitrogens with one attached hydrogen (secondary N) is 1. The van der Waals surface area contributed by atoms with Gasteiger partial charge in [0.1, 0.15) is 0 Å². The highest BCUT2D eigenvalue weighted by atomic mass is 16.5. The Morgan fingerprint density at radius 1 is 1.25 bits per heavy atom. The molecule has 0 saturated carbocycles. The van der Waals surface area contributed by atoms with Crippen LogP contribution < -0.4 is 5.32 Å². The molecule has 1 saturated heterocycles. The van der Waals surface area contributed by atoms with E-state index >= 15 is 0 Å². The molecule has 1 aromatic rings. The van der Waals surface area contributed by atoms with E-state index in [0.29, 0.717) is 0 Å². The molecule has 0 bridgehead atoms. The highest BCUT2D eigenvalue weighted by Crippen LogP contribution is 2.11. The number of hydrogen-bond acceptors (Lipinski definition) is 4. The van der Waals surface area contributed by atoms with Gasteiger partial charge in [-0.05, 0) is 26.2 Å². The normalized spacial score (nSPS) is 17.3. The standard InChI is InChI=1S/C18H32N4O2/c1-14(2)6-5-7-15(3)19-18(23)22-10-8-21(9-11-22)13-17-12-16(4)20-24-17/h12,14-15H,5-11,13H2,1-4H3,(H,19,23). The van der Waals surface area contributed by atoms with E-state index in [0.717, 1.165) is 56.5 Å². The van der Waals surface area contributed by atoms with Crippen LogP contribution in [0, 0.1) is 12.8 Å². The van der Waals surface area contributed by atoms with E-state index in [4.69, 9.17) is 4.52 Å². The monoisotopic (exact) mass is 336 g/mol. The van der Waals surface area contributed by atoms with E-state index in [1.54, 1.807) is 0 Å². The molecule has 2 amide bonds. The maximum absolute atomic E-state index is 12.3. The van der Waals surface area contributed by atoms with Gasteiger partial charge in [-0.2, -0.15) is 0 Å². The lowest BCUT2D eigenvalue weighted by atomic mass is 10.0. The number of amides is 2. The Balaban J connectivity index is 1.66. The molecule has 6 nitrogen and oxygen atoms in total. The number of hydrogen-bond donors (Lipinski definition) is 1. The molecule has 1 aliphatic heterocycles. The summed E-state index contributed by atoms with van der Waals surface area (Å²) < 4.78 is 5.26. The number of rotatable bonds is 7. The minimum absolute atomic E-state index is 0.0715.